The van der Waals surface area contributed by atoms with E-state index >= 15 is 0 Å². The summed E-state index contributed by atoms with van der Waals surface area (Å²) in [5.41, 5.74) is 6.33. The number of primary amides is 1. The summed E-state index contributed by atoms with van der Waals surface area (Å²) in [5, 5.41) is 3.12. The van der Waals surface area contributed by atoms with Crippen molar-refractivity contribution in [1.29, 1.82) is 0 Å². The zero-order valence-electron chi connectivity index (χ0n) is 14.8. The summed E-state index contributed by atoms with van der Waals surface area (Å²) in [6.07, 6.45) is 0. The molecular formula is C19H18N4O3S. The Hall–Kier alpha value is -3.13. The summed E-state index contributed by atoms with van der Waals surface area (Å²) in [4.78, 5) is 41.0. The Bertz CT molecular complexity index is 1090. The minimum atomic E-state index is -0.621. The van der Waals surface area contributed by atoms with Crippen molar-refractivity contribution < 1.29 is 9.59 Å². The second-order valence-electron chi connectivity index (χ2n) is 5.93. The van der Waals surface area contributed by atoms with Crippen LogP contribution in [-0.4, -0.2) is 26.6 Å². The van der Waals surface area contributed by atoms with E-state index < -0.39 is 11.2 Å². The van der Waals surface area contributed by atoms with Crippen molar-refractivity contribution in [3.63, 3.8) is 0 Å². The van der Waals surface area contributed by atoms with E-state index in [1.54, 1.807) is 62.5 Å². The SMILES string of the molecule is CC(Sc1nc2ccccc2c(=O)n1C)C(=O)Nc1ccccc1C(N)=O. The largest absolute Gasteiger partial charge is 0.366 e. The summed E-state index contributed by atoms with van der Waals surface area (Å²) in [7, 11) is 1.62. The molecule has 0 radical (unpaired) electrons. The number of carbonyl (C=O) groups is 2. The smallest absolute Gasteiger partial charge is 0.261 e. The topological polar surface area (TPSA) is 107 Å². The molecule has 0 saturated heterocycles. The maximum atomic E-state index is 12.6. The number of para-hydroxylation sites is 2. The van der Waals surface area contributed by atoms with Crippen LogP contribution >= 0.6 is 11.8 Å². The van der Waals surface area contributed by atoms with E-state index in [0.717, 1.165) is 11.8 Å². The van der Waals surface area contributed by atoms with Gasteiger partial charge in [-0.15, -0.1) is 0 Å². The van der Waals surface area contributed by atoms with Crippen molar-refractivity contribution in [3.8, 4) is 0 Å². The van der Waals surface area contributed by atoms with Crippen LogP contribution in [0.1, 0.15) is 17.3 Å². The van der Waals surface area contributed by atoms with Gasteiger partial charge in [0.2, 0.25) is 5.91 Å². The summed E-state index contributed by atoms with van der Waals surface area (Å²) in [6, 6.07) is 13.6. The highest BCUT2D eigenvalue weighted by molar-refractivity contribution is 8.00. The monoisotopic (exact) mass is 382 g/mol. The number of aromatic nitrogens is 2. The first-order valence-electron chi connectivity index (χ1n) is 8.20. The van der Waals surface area contributed by atoms with Gasteiger partial charge in [0.25, 0.3) is 11.5 Å². The second kappa shape index (κ2) is 7.63. The number of carbonyl (C=O) groups excluding carboxylic acids is 2. The van der Waals surface area contributed by atoms with Crippen LogP contribution in [0.4, 0.5) is 5.69 Å². The van der Waals surface area contributed by atoms with Crippen LogP contribution in [0.5, 0.6) is 0 Å². The van der Waals surface area contributed by atoms with E-state index in [0.29, 0.717) is 21.7 Å². The van der Waals surface area contributed by atoms with Gasteiger partial charge in [0, 0.05) is 7.05 Å². The summed E-state index contributed by atoms with van der Waals surface area (Å²) in [5.74, 6) is -0.944. The molecule has 1 heterocycles. The molecule has 0 aliphatic heterocycles. The second-order valence-corrected chi connectivity index (χ2v) is 7.24. The third-order valence-electron chi connectivity index (χ3n) is 4.04. The highest BCUT2D eigenvalue weighted by Crippen LogP contribution is 2.23. The van der Waals surface area contributed by atoms with Gasteiger partial charge < -0.3 is 11.1 Å². The molecule has 3 N–H and O–H groups in total. The van der Waals surface area contributed by atoms with E-state index in [2.05, 4.69) is 10.3 Å². The summed E-state index contributed by atoms with van der Waals surface area (Å²) >= 11 is 1.16. The standard InChI is InChI=1S/C19H18N4O3S/c1-11(17(25)21-14-9-5-3-7-12(14)16(20)24)27-19-22-15-10-6-4-8-13(15)18(26)23(19)2/h3-11H,1-2H3,(H2,20,24)(H,21,25). The lowest BCUT2D eigenvalue weighted by molar-refractivity contribution is -0.115. The number of nitrogens with two attached hydrogens (primary N) is 1. The minimum Gasteiger partial charge on any atom is -0.366 e. The average molecular weight is 382 g/mol. The molecule has 1 atom stereocenters. The number of hydrogen-bond acceptors (Lipinski definition) is 5. The number of anilines is 1. The van der Waals surface area contributed by atoms with Gasteiger partial charge in [-0.25, -0.2) is 4.98 Å². The molecule has 27 heavy (non-hydrogen) atoms. The van der Waals surface area contributed by atoms with Crippen LogP contribution in [0, 0.1) is 0 Å². The van der Waals surface area contributed by atoms with Crippen molar-refractivity contribution in [2.24, 2.45) is 12.8 Å². The molecule has 0 aliphatic rings. The number of nitrogens with one attached hydrogen (secondary N) is 1. The molecule has 1 aromatic heterocycles. The highest BCUT2D eigenvalue weighted by atomic mass is 32.2. The molecule has 0 saturated carbocycles. The fraction of sp³-hybridized carbons (Fsp3) is 0.158. The first kappa shape index (κ1) is 18.7. The zero-order chi connectivity index (χ0) is 19.6. The fourth-order valence-corrected chi connectivity index (χ4v) is 3.43. The Kier molecular flexibility index (Phi) is 5.27. The van der Waals surface area contributed by atoms with Crippen LogP contribution in [-0.2, 0) is 11.8 Å². The third kappa shape index (κ3) is 3.85. The van der Waals surface area contributed by atoms with Crippen LogP contribution in [0.15, 0.2) is 58.5 Å². The molecule has 3 rings (SSSR count). The lowest BCUT2D eigenvalue weighted by atomic mass is 10.1. The zero-order valence-corrected chi connectivity index (χ0v) is 15.6. The Morgan fingerprint density at radius 1 is 1.15 bits per heavy atom. The van der Waals surface area contributed by atoms with Crippen LogP contribution in [0.2, 0.25) is 0 Å². The Labute approximate surface area is 159 Å². The molecule has 0 bridgehead atoms. The van der Waals surface area contributed by atoms with E-state index in [-0.39, 0.29) is 17.0 Å². The molecule has 3 aromatic rings. The van der Waals surface area contributed by atoms with Gasteiger partial charge in [-0.1, -0.05) is 36.0 Å². The Balaban J connectivity index is 1.84. The number of rotatable bonds is 5. The van der Waals surface area contributed by atoms with Gasteiger partial charge >= 0.3 is 0 Å². The van der Waals surface area contributed by atoms with Gasteiger partial charge in [-0.3, -0.25) is 19.0 Å². The summed E-state index contributed by atoms with van der Waals surface area (Å²) < 4.78 is 1.42. The van der Waals surface area contributed by atoms with Crippen molar-refractivity contribution in [2.45, 2.75) is 17.3 Å². The van der Waals surface area contributed by atoms with Crippen molar-refractivity contribution in [3.05, 3.63) is 64.4 Å². The van der Waals surface area contributed by atoms with Gasteiger partial charge in [0.1, 0.15) is 0 Å². The maximum Gasteiger partial charge on any atom is 0.261 e. The maximum absolute atomic E-state index is 12.6. The minimum absolute atomic E-state index is 0.171. The van der Waals surface area contributed by atoms with Crippen LogP contribution in [0.3, 0.4) is 0 Å². The van der Waals surface area contributed by atoms with Gasteiger partial charge in [0.05, 0.1) is 27.4 Å². The van der Waals surface area contributed by atoms with E-state index in [1.165, 1.54) is 4.57 Å². The van der Waals surface area contributed by atoms with Gasteiger partial charge in [0.15, 0.2) is 5.16 Å². The van der Waals surface area contributed by atoms with Gasteiger partial charge in [-0.2, -0.15) is 0 Å². The number of hydrogen-bond donors (Lipinski definition) is 2. The number of thioether (sulfide) groups is 1. The number of amides is 2. The molecule has 0 aliphatic carbocycles. The third-order valence-corrected chi connectivity index (χ3v) is 5.19. The van der Waals surface area contributed by atoms with Crippen LogP contribution in [0.25, 0.3) is 10.9 Å². The molecule has 7 nitrogen and oxygen atoms in total. The van der Waals surface area contributed by atoms with E-state index in [4.69, 9.17) is 5.73 Å². The Morgan fingerprint density at radius 2 is 1.81 bits per heavy atom. The molecule has 2 aromatic carbocycles. The molecule has 1 unspecified atom stereocenters. The van der Waals surface area contributed by atoms with Crippen molar-refractivity contribution >= 4 is 40.2 Å². The quantitative estimate of drug-likeness (QED) is 0.519. The van der Waals surface area contributed by atoms with Crippen molar-refractivity contribution in [1.82, 2.24) is 9.55 Å². The lowest BCUT2D eigenvalue weighted by Gasteiger charge is -2.15. The number of fused-ring (bicyclic) bond motifs is 1. The molecule has 0 spiro atoms. The normalized spacial score (nSPS) is 11.9. The number of benzene rings is 2. The van der Waals surface area contributed by atoms with E-state index in [1.807, 2.05) is 0 Å². The Morgan fingerprint density at radius 3 is 2.56 bits per heavy atom. The first-order chi connectivity index (χ1) is 12.9. The molecular weight excluding hydrogens is 364 g/mol. The average Bonchev–Trinajstić information content (AvgIpc) is 2.66. The van der Waals surface area contributed by atoms with Crippen molar-refractivity contribution in [2.75, 3.05) is 5.32 Å². The van der Waals surface area contributed by atoms with Crippen LogP contribution < -0.4 is 16.6 Å². The number of nitrogens with zero attached hydrogens (tertiary/aromatic N) is 2. The molecule has 2 amide bonds. The lowest BCUT2D eigenvalue weighted by Crippen LogP contribution is -2.26. The molecule has 8 heteroatoms. The summed E-state index contributed by atoms with van der Waals surface area (Å²) in [6.45, 7) is 1.70. The fourth-order valence-electron chi connectivity index (χ4n) is 2.56. The molecule has 138 valence electrons. The van der Waals surface area contributed by atoms with Gasteiger partial charge in [-0.05, 0) is 31.2 Å². The van der Waals surface area contributed by atoms with E-state index in [9.17, 15) is 14.4 Å². The highest BCUT2D eigenvalue weighted by Gasteiger charge is 2.20. The first-order valence-corrected chi connectivity index (χ1v) is 9.08. The molecule has 0 fully saturated rings. The predicted octanol–water partition coefficient (Wildman–Crippen LogP) is 2.15. The predicted molar refractivity (Wildman–Crippen MR) is 106 cm³/mol.